The van der Waals surface area contributed by atoms with Gasteiger partial charge in [-0.2, -0.15) is 13.5 Å². The van der Waals surface area contributed by atoms with E-state index >= 15 is 0 Å². The highest BCUT2D eigenvalue weighted by Gasteiger charge is 2.21. The third kappa shape index (κ3) is 3.31. The molecule has 0 spiro atoms. The van der Waals surface area contributed by atoms with Crippen molar-refractivity contribution in [1.82, 2.24) is 20.5 Å². The minimum Gasteiger partial charge on any atom is -0.313 e. The van der Waals surface area contributed by atoms with Crippen LogP contribution in [0.25, 0.3) is 0 Å². The van der Waals surface area contributed by atoms with Gasteiger partial charge in [-0.05, 0) is 13.5 Å². The smallest absolute Gasteiger partial charge is 0.280 e. The molecule has 9 heteroatoms. The van der Waals surface area contributed by atoms with E-state index in [4.69, 9.17) is 0 Å². The lowest BCUT2D eigenvalue weighted by Gasteiger charge is -2.05. The number of anilines is 1. The molecular weight excluding hydrogens is 286 g/mol. The second kappa shape index (κ2) is 5.68. The maximum atomic E-state index is 12.2. The van der Waals surface area contributed by atoms with Crippen molar-refractivity contribution >= 4 is 26.5 Å². The molecule has 0 aromatic carbocycles. The Hall–Kier alpha value is -1.45. The van der Waals surface area contributed by atoms with Crippen LogP contribution in [0.5, 0.6) is 0 Å². The quantitative estimate of drug-likeness (QED) is 0.741. The number of aryl methyl sites for hydroxylation is 1. The molecular formula is C10H15N5O2S2. The topological polar surface area (TPSA) is 99.8 Å². The van der Waals surface area contributed by atoms with E-state index < -0.39 is 10.0 Å². The molecule has 0 atom stereocenters. The average Bonchev–Trinajstić information content (AvgIpc) is 2.95. The molecule has 0 saturated heterocycles. The van der Waals surface area contributed by atoms with Crippen molar-refractivity contribution < 1.29 is 8.42 Å². The number of thiazole rings is 1. The van der Waals surface area contributed by atoms with E-state index in [0.717, 1.165) is 11.4 Å². The summed E-state index contributed by atoms with van der Waals surface area (Å²) in [5.74, 6) is 0. The molecule has 19 heavy (non-hydrogen) atoms. The second-order valence-electron chi connectivity index (χ2n) is 3.89. The summed E-state index contributed by atoms with van der Waals surface area (Å²) >= 11 is 1.28. The molecule has 2 heterocycles. The number of sulfonamides is 1. The Morgan fingerprint density at radius 3 is 2.84 bits per heavy atom. The van der Waals surface area contributed by atoms with Crippen LogP contribution in [-0.4, -0.2) is 30.1 Å². The van der Waals surface area contributed by atoms with Gasteiger partial charge in [0, 0.05) is 23.2 Å². The van der Waals surface area contributed by atoms with Crippen LogP contribution >= 0.6 is 11.3 Å². The Balaban J connectivity index is 2.22. The highest BCUT2D eigenvalue weighted by atomic mass is 32.2. The first kappa shape index (κ1) is 14.0. The van der Waals surface area contributed by atoms with Gasteiger partial charge in [0.05, 0.1) is 6.20 Å². The number of nitrogens with zero attached hydrogens (tertiary/aromatic N) is 2. The molecule has 104 valence electrons. The van der Waals surface area contributed by atoms with Gasteiger partial charge in [-0.1, -0.05) is 6.92 Å². The van der Waals surface area contributed by atoms with Crippen molar-refractivity contribution in [3.8, 4) is 0 Å². The number of nitrogens with one attached hydrogen (secondary N) is 3. The van der Waals surface area contributed by atoms with Crippen LogP contribution < -0.4 is 10.0 Å². The maximum Gasteiger partial charge on any atom is 0.280 e. The molecule has 0 fully saturated rings. The largest absolute Gasteiger partial charge is 0.313 e. The van der Waals surface area contributed by atoms with E-state index in [-0.39, 0.29) is 5.03 Å². The molecule has 0 amide bonds. The van der Waals surface area contributed by atoms with Crippen LogP contribution in [0.1, 0.15) is 17.4 Å². The first-order chi connectivity index (χ1) is 9.03. The van der Waals surface area contributed by atoms with Crippen LogP contribution in [0.2, 0.25) is 0 Å². The van der Waals surface area contributed by atoms with Gasteiger partial charge in [0.1, 0.15) is 0 Å². The van der Waals surface area contributed by atoms with Crippen molar-refractivity contribution in [1.29, 1.82) is 0 Å². The Kier molecular flexibility index (Phi) is 4.17. The zero-order chi connectivity index (χ0) is 13.9. The summed E-state index contributed by atoms with van der Waals surface area (Å²) in [4.78, 5) is 4.92. The number of aromatic nitrogens is 3. The summed E-state index contributed by atoms with van der Waals surface area (Å²) in [6, 6.07) is 0. The third-order valence-electron chi connectivity index (χ3n) is 2.36. The Labute approximate surface area is 115 Å². The van der Waals surface area contributed by atoms with Crippen LogP contribution in [0.3, 0.4) is 0 Å². The minimum atomic E-state index is -3.68. The second-order valence-corrected chi connectivity index (χ2v) is 6.74. The van der Waals surface area contributed by atoms with Gasteiger partial charge in [0.25, 0.3) is 10.0 Å². The van der Waals surface area contributed by atoms with E-state index in [9.17, 15) is 8.42 Å². The van der Waals surface area contributed by atoms with Gasteiger partial charge in [0.15, 0.2) is 10.2 Å². The van der Waals surface area contributed by atoms with Crippen LogP contribution in [0, 0.1) is 6.92 Å². The van der Waals surface area contributed by atoms with Crippen LogP contribution in [0.4, 0.5) is 5.13 Å². The molecule has 7 nitrogen and oxygen atoms in total. The first-order valence-electron chi connectivity index (χ1n) is 5.71. The SMILES string of the molecule is CCNCc1cn[nH]c1S(=O)(=O)Nc1ncc(C)s1. The number of rotatable bonds is 6. The zero-order valence-electron chi connectivity index (χ0n) is 10.6. The molecule has 0 saturated carbocycles. The summed E-state index contributed by atoms with van der Waals surface area (Å²) in [6.45, 7) is 5.01. The van der Waals surface area contributed by atoms with Crippen LogP contribution in [0.15, 0.2) is 17.4 Å². The van der Waals surface area contributed by atoms with Gasteiger partial charge in [-0.3, -0.25) is 9.82 Å². The molecule has 2 rings (SSSR count). The molecule has 2 aromatic rings. The van der Waals surface area contributed by atoms with Crippen molar-refractivity contribution in [2.75, 3.05) is 11.3 Å². The number of H-pyrrole nitrogens is 1. The summed E-state index contributed by atoms with van der Waals surface area (Å²) in [6.07, 6.45) is 3.12. The van der Waals surface area contributed by atoms with Crippen LogP contribution in [-0.2, 0) is 16.6 Å². The van der Waals surface area contributed by atoms with Crippen molar-refractivity contribution in [2.45, 2.75) is 25.4 Å². The Morgan fingerprint density at radius 2 is 2.21 bits per heavy atom. The minimum absolute atomic E-state index is 0.0707. The van der Waals surface area contributed by atoms with Gasteiger partial charge in [-0.25, -0.2) is 4.98 Å². The third-order valence-corrected chi connectivity index (χ3v) is 4.67. The van der Waals surface area contributed by atoms with E-state index in [0.29, 0.717) is 17.2 Å². The number of aromatic amines is 1. The van der Waals surface area contributed by atoms with Gasteiger partial charge in [0.2, 0.25) is 0 Å². The fourth-order valence-electron chi connectivity index (χ4n) is 1.49. The van der Waals surface area contributed by atoms with E-state index in [1.165, 1.54) is 17.5 Å². The Morgan fingerprint density at radius 1 is 1.42 bits per heavy atom. The molecule has 0 unspecified atom stereocenters. The standard InChI is InChI=1S/C10H15N5O2S2/c1-3-11-5-8-6-13-14-9(8)19(16,17)15-10-12-4-7(2)18-10/h4,6,11H,3,5H2,1-2H3,(H,12,15)(H,13,14). The fourth-order valence-corrected chi connectivity index (χ4v) is 3.52. The summed E-state index contributed by atoms with van der Waals surface area (Å²) in [7, 11) is -3.68. The molecule has 0 aliphatic carbocycles. The lowest BCUT2D eigenvalue weighted by molar-refractivity contribution is 0.594. The monoisotopic (exact) mass is 301 g/mol. The number of hydrogen-bond acceptors (Lipinski definition) is 6. The zero-order valence-corrected chi connectivity index (χ0v) is 12.2. The summed E-state index contributed by atoms with van der Waals surface area (Å²) in [5.41, 5.74) is 0.600. The number of hydrogen-bond donors (Lipinski definition) is 3. The van der Waals surface area contributed by atoms with E-state index in [1.807, 2.05) is 13.8 Å². The molecule has 0 bridgehead atoms. The van der Waals surface area contributed by atoms with Crippen molar-refractivity contribution in [2.24, 2.45) is 0 Å². The van der Waals surface area contributed by atoms with Crippen molar-refractivity contribution in [3.63, 3.8) is 0 Å². The molecule has 2 aromatic heterocycles. The highest BCUT2D eigenvalue weighted by molar-refractivity contribution is 7.92. The molecule has 3 N–H and O–H groups in total. The van der Waals surface area contributed by atoms with Gasteiger partial charge >= 0.3 is 0 Å². The molecule has 0 aliphatic rings. The van der Waals surface area contributed by atoms with E-state index in [1.54, 1.807) is 6.20 Å². The highest BCUT2D eigenvalue weighted by Crippen LogP contribution is 2.21. The van der Waals surface area contributed by atoms with Gasteiger partial charge in [-0.15, -0.1) is 11.3 Å². The fraction of sp³-hybridized carbons (Fsp3) is 0.400. The lowest BCUT2D eigenvalue weighted by atomic mass is 10.3. The predicted molar refractivity (Wildman–Crippen MR) is 73.6 cm³/mol. The molecule has 0 aliphatic heterocycles. The lowest BCUT2D eigenvalue weighted by Crippen LogP contribution is -2.18. The van der Waals surface area contributed by atoms with Gasteiger partial charge < -0.3 is 5.32 Å². The normalized spacial score (nSPS) is 11.7. The first-order valence-corrected chi connectivity index (χ1v) is 8.01. The maximum absolute atomic E-state index is 12.2. The van der Waals surface area contributed by atoms with Crippen molar-refractivity contribution in [3.05, 3.63) is 22.8 Å². The predicted octanol–water partition coefficient (Wildman–Crippen LogP) is 1.08. The summed E-state index contributed by atoms with van der Waals surface area (Å²) in [5, 5.41) is 9.79. The average molecular weight is 301 g/mol. The Bertz CT molecular complexity index is 646. The molecule has 0 radical (unpaired) electrons. The summed E-state index contributed by atoms with van der Waals surface area (Å²) < 4.78 is 26.9. The van der Waals surface area contributed by atoms with E-state index in [2.05, 4.69) is 25.2 Å².